The molecule has 0 atom stereocenters. The second kappa shape index (κ2) is 9.38. The van der Waals surface area contributed by atoms with Crippen LogP contribution in [0, 0.1) is 0 Å². The SMILES string of the molecule is O=C(CSCc1ccccn1)NCc1cccc(C(=O)N2CCCC2)c1. The highest BCUT2D eigenvalue weighted by atomic mass is 32.2. The number of benzene rings is 1. The number of amides is 2. The number of thioether (sulfide) groups is 1. The van der Waals surface area contributed by atoms with Gasteiger partial charge in [0.25, 0.3) is 5.91 Å². The Hall–Kier alpha value is -2.34. The maximum atomic E-state index is 12.4. The first-order valence-corrected chi connectivity index (χ1v) is 10.0. The van der Waals surface area contributed by atoms with Crippen LogP contribution in [0.25, 0.3) is 0 Å². The van der Waals surface area contributed by atoms with Crippen molar-refractivity contribution in [1.29, 1.82) is 0 Å². The molecule has 0 aliphatic carbocycles. The lowest BCUT2D eigenvalue weighted by Crippen LogP contribution is -2.28. The minimum atomic E-state index is -0.0118. The first-order chi connectivity index (χ1) is 12.7. The van der Waals surface area contributed by atoms with Crippen LogP contribution in [0.4, 0.5) is 0 Å². The number of carbonyl (C=O) groups is 2. The predicted molar refractivity (Wildman–Crippen MR) is 104 cm³/mol. The molecule has 0 spiro atoms. The molecule has 2 amide bonds. The van der Waals surface area contributed by atoms with E-state index in [9.17, 15) is 9.59 Å². The molecule has 0 bridgehead atoms. The Morgan fingerprint density at radius 1 is 1.12 bits per heavy atom. The summed E-state index contributed by atoms with van der Waals surface area (Å²) in [7, 11) is 0. The average Bonchev–Trinajstić information content (AvgIpc) is 3.22. The van der Waals surface area contributed by atoms with E-state index in [1.807, 2.05) is 47.4 Å². The summed E-state index contributed by atoms with van der Waals surface area (Å²) < 4.78 is 0. The fourth-order valence-corrected chi connectivity index (χ4v) is 3.67. The molecule has 1 N–H and O–H groups in total. The molecule has 1 aromatic carbocycles. The van der Waals surface area contributed by atoms with E-state index in [4.69, 9.17) is 0 Å². The fourth-order valence-electron chi connectivity index (χ4n) is 2.90. The highest BCUT2D eigenvalue weighted by molar-refractivity contribution is 7.99. The van der Waals surface area contributed by atoms with E-state index in [1.54, 1.807) is 6.20 Å². The zero-order valence-corrected chi connectivity index (χ0v) is 15.5. The summed E-state index contributed by atoms with van der Waals surface area (Å²) >= 11 is 1.54. The van der Waals surface area contributed by atoms with Gasteiger partial charge < -0.3 is 10.2 Å². The third kappa shape index (κ3) is 5.33. The molecule has 0 radical (unpaired) electrons. The van der Waals surface area contributed by atoms with Crippen molar-refractivity contribution >= 4 is 23.6 Å². The standard InChI is InChI=1S/C20H23N3O2S/c24-19(15-26-14-18-8-1-2-9-21-18)22-13-16-6-5-7-17(12-16)20(25)23-10-3-4-11-23/h1-2,5-9,12H,3-4,10-11,13-15H2,(H,22,24). The Bertz CT molecular complexity index is 746. The third-order valence-electron chi connectivity index (χ3n) is 4.27. The van der Waals surface area contributed by atoms with Gasteiger partial charge in [-0.15, -0.1) is 11.8 Å². The van der Waals surface area contributed by atoms with E-state index in [-0.39, 0.29) is 11.8 Å². The van der Waals surface area contributed by atoms with Crippen LogP contribution in [0.1, 0.15) is 34.5 Å². The first kappa shape index (κ1) is 18.5. The van der Waals surface area contributed by atoms with Crippen LogP contribution in [0.15, 0.2) is 48.7 Å². The van der Waals surface area contributed by atoms with Crippen molar-refractivity contribution in [3.05, 3.63) is 65.5 Å². The fraction of sp³-hybridized carbons (Fsp3) is 0.350. The Morgan fingerprint density at radius 2 is 1.96 bits per heavy atom. The Labute approximate surface area is 158 Å². The molecule has 6 heteroatoms. The van der Waals surface area contributed by atoms with Crippen LogP contribution in [-0.4, -0.2) is 40.5 Å². The smallest absolute Gasteiger partial charge is 0.253 e. The number of nitrogens with zero attached hydrogens (tertiary/aromatic N) is 2. The third-order valence-corrected chi connectivity index (χ3v) is 5.23. The number of hydrogen-bond donors (Lipinski definition) is 1. The minimum Gasteiger partial charge on any atom is -0.351 e. The second-order valence-electron chi connectivity index (χ2n) is 6.29. The predicted octanol–water partition coefficient (Wildman–Crippen LogP) is 2.87. The molecule has 1 fully saturated rings. The van der Waals surface area contributed by atoms with E-state index >= 15 is 0 Å². The Kier molecular flexibility index (Phi) is 6.66. The van der Waals surface area contributed by atoms with Crippen molar-refractivity contribution in [3.63, 3.8) is 0 Å². The number of hydrogen-bond acceptors (Lipinski definition) is 4. The van der Waals surface area contributed by atoms with Crippen molar-refractivity contribution in [2.45, 2.75) is 25.1 Å². The highest BCUT2D eigenvalue weighted by Gasteiger charge is 2.19. The van der Waals surface area contributed by atoms with Gasteiger partial charge in [-0.05, 0) is 42.7 Å². The monoisotopic (exact) mass is 369 g/mol. The van der Waals surface area contributed by atoms with E-state index in [0.29, 0.717) is 23.6 Å². The molecular weight excluding hydrogens is 346 g/mol. The molecule has 26 heavy (non-hydrogen) atoms. The van der Waals surface area contributed by atoms with E-state index in [1.165, 1.54) is 11.8 Å². The summed E-state index contributed by atoms with van der Waals surface area (Å²) in [5.74, 6) is 1.18. The van der Waals surface area contributed by atoms with Crippen LogP contribution in [0.2, 0.25) is 0 Å². The van der Waals surface area contributed by atoms with Crippen molar-refractivity contribution in [2.75, 3.05) is 18.8 Å². The summed E-state index contributed by atoms with van der Waals surface area (Å²) in [4.78, 5) is 30.6. The lowest BCUT2D eigenvalue weighted by molar-refractivity contribution is -0.118. The highest BCUT2D eigenvalue weighted by Crippen LogP contribution is 2.14. The van der Waals surface area contributed by atoms with Gasteiger partial charge in [-0.25, -0.2) is 0 Å². The van der Waals surface area contributed by atoms with Gasteiger partial charge in [-0.1, -0.05) is 18.2 Å². The van der Waals surface area contributed by atoms with Crippen LogP contribution >= 0.6 is 11.8 Å². The molecule has 136 valence electrons. The Balaban J connectivity index is 1.44. The molecule has 0 saturated carbocycles. The normalized spacial score (nSPS) is 13.6. The first-order valence-electron chi connectivity index (χ1n) is 8.85. The molecule has 0 unspecified atom stereocenters. The number of pyridine rings is 1. The van der Waals surface area contributed by atoms with Crippen molar-refractivity contribution in [3.8, 4) is 0 Å². The zero-order valence-electron chi connectivity index (χ0n) is 14.7. The van der Waals surface area contributed by atoms with Crippen LogP contribution < -0.4 is 5.32 Å². The Morgan fingerprint density at radius 3 is 2.73 bits per heavy atom. The lowest BCUT2D eigenvalue weighted by atomic mass is 10.1. The summed E-state index contributed by atoms with van der Waals surface area (Å²) in [5, 5.41) is 2.92. The summed E-state index contributed by atoms with van der Waals surface area (Å²) in [5.41, 5.74) is 2.61. The summed E-state index contributed by atoms with van der Waals surface area (Å²) in [6.07, 6.45) is 3.92. The number of carbonyl (C=O) groups excluding carboxylic acids is 2. The quantitative estimate of drug-likeness (QED) is 0.815. The number of rotatable bonds is 7. The van der Waals surface area contributed by atoms with Gasteiger partial charge in [0, 0.05) is 37.1 Å². The van der Waals surface area contributed by atoms with Gasteiger partial charge in [0.1, 0.15) is 0 Å². The maximum absolute atomic E-state index is 12.4. The van der Waals surface area contributed by atoms with E-state index in [2.05, 4.69) is 10.3 Å². The molecule has 1 aromatic heterocycles. The topological polar surface area (TPSA) is 62.3 Å². The van der Waals surface area contributed by atoms with Crippen LogP contribution in [-0.2, 0) is 17.1 Å². The number of nitrogens with one attached hydrogen (secondary N) is 1. The van der Waals surface area contributed by atoms with Gasteiger partial charge in [-0.3, -0.25) is 14.6 Å². The molecule has 2 heterocycles. The van der Waals surface area contributed by atoms with Crippen LogP contribution in [0.3, 0.4) is 0 Å². The number of likely N-dealkylation sites (tertiary alicyclic amines) is 1. The minimum absolute atomic E-state index is 0.0118. The van der Waals surface area contributed by atoms with Gasteiger partial charge in [0.2, 0.25) is 5.91 Å². The lowest BCUT2D eigenvalue weighted by Gasteiger charge is -2.15. The van der Waals surface area contributed by atoms with Crippen molar-refractivity contribution in [2.24, 2.45) is 0 Å². The molecule has 5 nitrogen and oxygen atoms in total. The molecule has 1 saturated heterocycles. The number of aromatic nitrogens is 1. The van der Waals surface area contributed by atoms with E-state index in [0.717, 1.165) is 37.2 Å². The summed E-state index contributed by atoms with van der Waals surface area (Å²) in [6.45, 7) is 2.12. The summed E-state index contributed by atoms with van der Waals surface area (Å²) in [6, 6.07) is 13.3. The average molecular weight is 369 g/mol. The molecule has 3 rings (SSSR count). The zero-order chi connectivity index (χ0) is 18.2. The molecular formula is C20H23N3O2S. The maximum Gasteiger partial charge on any atom is 0.253 e. The molecule has 2 aromatic rings. The van der Waals surface area contributed by atoms with E-state index < -0.39 is 0 Å². The van der Waals surface area contributed by atoms with Crippen molar-refractivity contribution in [1.82, 2.24) is 15.2 Å². The van der Waals surface area contributed by atoms with Gasteiger partial charge in [-0.2, -0.15) is 0 Å². The van der Waals surface area contributed by atoms with Gasteiger partial charge in [0.15, 0.2) is 0 Å². The van der Waals surface area contributed by atoms with Gasteiger partial charge >= 0.3 is 0 Å². The molecule has 1 aliphatic rings. The van der Waals surface area contributed by atoms with Crippen LogP contribution in [0.5, 0.6) is 0 Å². The van der Waals surface area contributed by atoms with Crippen molar-refractivity contribution < 1.29 is 9.59 Å². The van der Waals surface area contributed by atoms with Gasteiger partial charge in [0.05, 0.1) is 11.4 Å². The molecule has 1 aliphatic heterocycles. The second-order valence-corrected chi connectivity index (χ2v) is 7.28. The largest absolute Gasteiger partial charge is 0.351 e.